The fourth-order valence-electron chi connectivity index (χ4n) is 6.50. The number of alkyl halides is 6. The Morgan fingerprint density at radius 1 is 1.08 bits per heavy atom. The van der Waals surface area contributed by atoms with Crippen LogP contribution < -0.4 is 4.90 Å². The topological polar surface area (TPSA) is 45.2 Å². The van der Waals surface area contributed by atoms with Gasteiger partial charge in [0.1, 0.15) is 0 Å². The number of aryl methyl sites for hydroxylation is 1. The summed E-state index contributed by atoms with van der Waals surface area (Å²) in [6.45, 7) is 7.72. The zero-order chi connectivity index (χ0) is 26.6. The van der Waals surface area contributed by atoms with Crippen LogP contribution in [-0.4, -0.2) is 86.8 Å². The highest BCUT2D eigenvalue weighted by molar-refractivity contribution is 5.68. The van der Waals surface area contributed by atoms with Crippen molar-refractivity contribution in [1.29, 1.82) is 0 Å². The Kier molecular flexibility index (Phi) is 6.79. The lowest BCUT2D eigenvalue weighted by molar-refractivity contribution is -0.308. The summed E-state index contributed by atoms with van der Waals surface area (Å²) in [6.07, 6.45) is -14.9. The molecule has 1 aromatic carbocycles. The Morgan fingerprint density at radius 2 is 1.76 bits per heavy atom. The van der Waals surface area contributed by atoms with E-state index in [-0.39, 0.29) is 30.3 Å². The average molecular weight is 536 g/mol. The Hall–Kier alpha value is -2.21. The number of hydrogen-bond donors (Lipinski definition) is 0. The fraction of sp³-hybridized carbons (Fsp3) is 0.720. The predicted octanol–water partition coefficient (Wildman–Crippen LogP) is 4.61. The summed E-state index contributed by atoms with van der Waals surface area (Å²) >= 11 is 0. The van der Waals surface area contributed by atoms with Gasteiger partial charge in [0.2, 0.25) is 0 Å². The number of carbonyl (C=O) groups is 1. The minimum Gasteiger partial charge on any atom is -0.426 e. The van der Waals surface area contributed by atoms with E-state index in [1.165, 1.54) is 16.8 Å². The number of rotatable bonds is 4. The molecule has 4 heterocycles. The summed E-state index contributed by atoms with van der Waals surface area (Å²) in [5, 5.41) is 0. The van der Waals surface area contributed by atoms with Crippen molar-refractivity contribution < 1.29 is 40.6 Å². The molecule has 0 bridgehead atoms. The van der Waals surface area contributed by atoms with Crippen molar-refractivity contribution in [3.05, 3.63) is 29.3 Å². The molecule has 4 saturated heterocycles. The van der Waals surface area contributed by atoms with Crippen molar-refractivity contribution in [3.8, 4) is 0 Å². The van der Waals surface area contributed by atoms with Crippen molar-refractivity contribution in [1.82, 2.24) is 9.80 Å². The molecule has 12 heteroatoms. The molecular weight excluding hydrogens is 504 g/mol. The highest BCUT2D eigenvalue weighted by Crippen LogP contribution is 2.43. The Morgan fingerprint density at radius 3 is 2.35 bits per heavy atom. The van der Waals surface area contributed by atoms with Gasteiger partial charge >= 0.3 is 18.4 Å². The first-order chi connectivity index (χ1) is 17.3. The van der Waals surface area contributed by atoms with E-state index in [2.05, 4.69) is 33.6 Å². The van der Waals surface area contributed by atoms with E-state index in [1.807, 2.05) is 6.07 Å². The standard InChI is InChI=1S/C25H31F6N3O3/c1-16-3-2-4-17(20(16)33-7-5-23(14-33)6-8-36-15-23)9-32-10-18-12-34(13-19(18)11-32)22(35)37-21(24(26,27)28)25(29,30)31/h2-4,18-19,21H,5-15H2,1H3. The third kappa shape index (κ3) is 5.36. The average Bonchev–Trinajstić information content (AvgIpc) is 3.56. The van der Waals surface area contributed by atoms with E-state index in [1.54, 1.807) is 0 Å². The van der Waals surface area contributed by atoms with Crippen LogP contribution in [0.5, 0.6) is 0 Å². The maximum atomic E-state index is 12.8. The molecule has 4 fully saturated rings. The highest BCUT2D eigenvalue weighted by atomic mass is 19.4. The first-order valence-electron chi connectivity index (χ1n) is 12.6. The molecule has 1 spiro atoms. The smallest absolute Gasteiger partial charge is 0.426 e. The minimum atomic E-state index is -5.72. The molecule has 1 amide bonds. The first kappa shape index (κ1) is 26.4. The van der Waals surface area contributed by atoms with Gasteiger partial charge in [-0.3, -0.25) is 4.90 Å². The van der Waals surface area contributed by atoms with E-state index in [0.29, 0.717) is 19.6 Å². The molecule has 0 saturated carbocycles. The molecule has 206 valence electrons. The number of amides is 1. The van der Waals surface area contributed by atoms with Crippen molar-refractivity contribution in [2.45, 2.75) is 44.8 Å². The van der Waals surface area contributed by atoms with Gasteiger partial charge in [0.25, 0.3) is 6.10 Å². The Labute approximate surface area is 211 Å². The van der Waals surface area contributed by atoms with Crippen molar-refractivity contribution >= 4 is 11.8 Å². The van der Waals surface area contributed by atoms with Gasteiger partial charge in [-0.05, 0) is 42.7 Å². The van der Waals surface area contributed by atoms with Crippen molar-refractivity contribution in [2.24, 2.45) is 17.3 Å². The zero-order valence-corrected chi connectivity index (χ0v) is 20.6. The second kappa shape index (κ2) is 9.52. The maximum absolute atomic E-state index is 12.8. The molecule has 0 N–H and O–H groups in total. The summed E-state index contributed by atoms with van der Waals surface area (Å²) in [7, 11) is 0. The summed E-state index contributed by atoms with van der Waals surface area (Å²) in [5.74, 6) is -0.0524. The molecule has 6 nitrogen and oxygen atoms in total. The van der Waals surface area contributed by atoms with Gasteiger partial charge in [-0.25, -0.2) is 4.79 Å². The molecule has 3 atom stereocenters. The van der Waals surface area contributed by atoms with Gasteiger partial charge in [0, 0.05) is 63.5 Å². The van der Waals surface area contributed by atoms with Crippen LogP contribution in [0.4, 0.5) is 36.8 Å². The van der Waals surface area contributed by atoms with Crippen LogP contribution in [0, 0.1) is 24.2 Å². The molecule has 4 aliphatic heterocycles. The van der Waals surface area contributed by atoms with Gasteiger partial charge in [0.05, 0.1) is 6.61 Å². The summed E-state index contributed by atoms with van der Waals surface area (Å²) < 4.78 is 86.2. The van der Waals surface area contributed by atoms with E-state index in [0.717, 1.165) is 44.0 Å². The Bertz CT molecular complexity index is 982. The summed E-state index contributed by atoms with van der Waals surface area (Å²) in [4.78, 5) is 17.8. The maximum Gasteiger partial charge on any atom is 0.434 e. The van der Waals surface area contributed by atoms with Crippen LogP contribution in [0.3, 0.4) is 0 Å². The Balaban J connectivity index is 1.20. The number of carbonyl (C=O) groups excluding carboxylic acids is 1. The second-order valence-corrected chi connectivity index (χ2v) is 11.0. The highest BCUT2D eigenvalue weighted by Gasteiger charge is 2.60. The number of likely N-dealkylation sites (tertiary alicyclic amines) is 2. The number of ether oxygens (including phenoxy) is 2. The largest absolute Gasteiger partial charge is 0.434 e. The van der Waals surface area contributed by atoms with Gasteiger partial charge in [-0.15, -0.1) is 0 Å². The second-order valence-electron chi connectivity index (χ2n) is 11.0. The lowest BCUT2D eigenvalue weighted by Crippen LogP contribution is -2.48. The van der Waals surface area contributed by atoms with Gasteiger partial charge in [-0.1, -0.05) is 18.2 Å². The van der Waals surface area contributed by atoms with Crippen LogP contribution >= 0.6 is 0 Å². The number of hydrogen-bond acceptors (Lipinski definition) is 5. The molecule has 37 heavy (non-hydrogen) atoms. The van der Waals surface area contributed by atoms with E-state index in [9.17, 15) is 31.1 Å². The van der Waals surface area contributed by atoms with Crippen LogP contribution in [0.15, 0.2) is 18.2 Å². The minimum absolute atomic E-state index is 0.0262. The molecule has 0 aromatic heterocycles. The van der Waals surface area contributed by atoms with Crippen molar-refractivity contribution in [2.75, 3.05) is 57.4 Å². The van der Waals surface area contributed by atoms with Gasteiger partial charge in [-0.2, -0.15) is 26.3 Å². The lowest BCUT2D eigenvalue weighted by Gasteiger charge is -2.29. The SMILES string of the molecule is Cc1cccc(CN2CC3CN(C(=O)OC(C(F)(F)F)C(F)(F)F)CC3C2)c1N1CCC2(CCOC2)C1. The molecule has 0 aliphatic carbocycles. The monoisotopic (exact) mass is 535 g/mol. The lowest BCUT2D eigenvalue weighted by atomic mass is 9.87. The quantitative estimate of drug-likeness (QED) is 0.528. The summed E-state index contributed by atoms with van der Waals surface area (Å²) in [6, 6.07) is 6.25. The van der Waals surface area contributed by atoms with Gasteiger partial charge < -0.3 is 19.3 Å². The van der Waals surface area contributed by atoms with Crippen LogP contribution in [-0.2, 0) is 16.0 Å². The third-order valence-corrected chi connectivity index (χ3v) is 8.29. The first-order valence-corrected chi connectivity index (χ1v) is 12.6. The molecular formula is C25H31F6N3O3. The van der Waals surface area contributed by atoms with Crippen LogP contribution in [0.1, 0.15) is 24.0 Å². The van der Waals surface area contributed by atoms with Crippen molar-refractivity contribution in [3.63, 3.8) is 0 Å². The number of para-hydroxylation sites is 1. The summed E-state index contributed by atoms with van der Waals surface area (Å²) in [5.41, 5.74) is 3.86. The third-order valence-electron chi connectivity index (χ3n) is 8.29. The predicted molar refractivity (Wildman–Crippen MR) is 122 cm³/mol. The van der Waals surface area contributed by atoms with Crippen LogP contribution in [0.2, 0.25) is 0 Å². The normalized spacial score (nSPS) is 28.6. The van der Waals surface area contributed by atoms with E-state index in [4.69, 9.17) is 4.74 Å². The van der Waals surface area contributed by atoms with Crippen LogP contribution in [0.25, 0.3) is 0 Å². The molecule has 4 aliphatic rings. The molecule has 1 aromatic rings. The molecule has 3 unspecified atom stereocenters. The molecule has 5 rings (SSSR count). The zero-order valence-electron chi connectivity index (χ0n) is 20.6. The number of anilines is 1. The fourth-order valence-corrected chi connectivity index (χ4v) is 6.50. The van der Waals surface area contributed by atoms with E-state index < -0.39 is 24.5 Å². The number of fused-ring (bicyclic) bond motifs is 1. The number of nitrogens with zero attached hydrogens (tertiary/aromatic N) is 3. The van der Waals surface area contributed by atoms with Gasteiger partial charge in [0.15, 0.2) is 0 Å². The number of halogens is 6. The molecule has 0 radical (unpaired) electrons. The van der Waals surface area contributed by atoms with E-state index >= 15 is 0 Å². The number of benzene rings is 1.